The summed E-state index contributed by atoms with van der Waals surface area (Å²) < 4.78 is 9.99. The highest BCUT2D eigenvalue weighted by Crippen LogP contribution is 2.16. The highest BCUT2D eigenvalue weighted by Gasteiger charge is 2.07. The van der Waals surface area contributed by atoms with Crippen molar-refractivity contribution in [2.75, 3.05) is 19.0 Å². The molecule has 6 nitrogen and oxygen atoms in total. The zero-order chi connectivity index (χ0) is 15.0. The van der Waals surface area contributed by atoms with Gasteiger partial charge in [-0.05, 0) is 37.6 Å². The Morgan fingerprint density at radius 1 is 1.29 bits per heavy atom. The van der Waals surface area contributed by atoms with Gasteiger partial charge in [-0.1, -0.05) is 0 Å². The lowest BCUT2D eigenvalue weighted by atomic mass is 10.2. The van der Waals surface area contributed by atoms with E-state index in [0.717, 1.165) is 0 Å². The lowest BCUT2D eigenvalue weighted by Gasteiger charge is -2.09. The molecule has 0 fully saturated rings. The normalized spacial score (nSPS) is 11.0. The summed E-state index contributed by atoms with van der Waals surface area (Å²) in [5, 5.41) is 2.68. The van der Waals surface area contributed by atoms with E-state index < -0.39 is 6.04 Å². The number of methoxy groups -OCH3 is 1. The Morgan fingerprint density at radius 2 is 1.90 bits per heavy atom. The van der Waals surface area contributed by atoms with Gasteiger partial charge in [0.1, 0.15) is 5.75 Å². The average Bonchev–Trinajstić information content (AvgIpc) is 2.44. The van der Waals surface area contributed by atoms with E-state index >= 15 is 0 Å². The van der Waals surface area contributed by atoms with Gasteiger partial charge in [-0.15, -0.1) is 12.4 Å². The third-order valence-corrected chi connectivity index (χ3v) is 2.56. The summed E-state index contributed by atoms with van der Waals surface area (Å²) in [6.45, 7) is 2.05. The summed E-state index contributed by atoms with van der Waals surface area (Å²) in [6, 6.07) is 6.40. The molecule has 0 aromatic heterocycles. The fourth-order valence-corrected chi connectivity index (χ4v) is 1.40. The second-order valence-electron chi connectivity index (χ2n) is 4.33. The number of nitrogens with two attached hydrogens (primary N) is 1. The third-order valence-electron chi connectivity index (χ3n) is 2.56. The maximum Gasteiger partial charge on any atom is 0.305 e. The van der Waals surface area contributed by atoms with Crippen LogP contribution in [-0.2, 0) is 14.3 Å². The van der Waals surface area contributed by atoms with Crippen LogP contribution < -0.4 is 15.8 Å². The van der Waals surface area contributed by atoms with Gasteiger partial charge in [0.05, 0.1) is 19.8 Å². The monoisotopic (exact) mass is 316 g/mol. The zero-order valence-electron chi connectivity index (χ0n) is 12.1. The molecule has 0 unspecified atom stereocenters. The van der Waals surface area contributed by atoms with Crippen molar-refractivity contribution in [2.45, 2.75) is 25.8 Å². The molecule has 1 aromatic carbocycles. The first-order valence-corrected chi connectivity index (χ1v) is 6.39. The van der Waals surface area contributed by atoms with E-state index in [0.29, 0.717) is 30.9 Å². The highest BCUT2D eigenvalue weighted by atomic mass is 35.5. The van der Waals surface area contributed by atoms with Crippen molar-refractivity contribution in [3.05, 3.63) is 24.3 Å². The molecular weight excluding hydrogens is 296 g/mol. The Balaban J connectivity index is 0.00000400. The molecule has 21 heavy (non-hydrogen) atoms. The van der Waals surface area contributed by atoms with Crippen LogP contribution in [0, 0.1) is 0 Å². The van der Waals surface area contributed by atoms with Gasteiger partial charge in [-0.3, -0.25) is 9.59 Å². The molecule has 0 aliphatic carbocycles. The van der Waals surface area contributed by atoms with Crippen molar-refractivity contribution < 1.29 is 19.1 Å². The van der Waals surface area contributed by atoms with Gasteiger partial charge >= 0.3 is 5.97 Å². The Kier molecular flexibility index (Phi) is 9.16. The number of carbonyl (C=O) groups is 2. The van der Waals surface area contributed by atoms with Crippen LogP contribution in [0.15, 0.2) is 24.3 Å². The Morgan fingerprint density at radius 3 is 2.43 bits per heavy atom. The summed E-state index contributed by atoms with van der Waals surface area (Å²) in [5.74, 6) is 0.188. The first-order chi connectivity index (χ1) is 9.52. The van der Waals surface area contributed by atoms with Crippen LogP contribution in [0.2, 0.25) is 0 Å². The fourth-order valence-electron chi connectivity index (χ4n) is 1.40. The number of benzene rings is 1. The molecule has 0 radical (unpaired) electrons. The molecule has 0 saturated carbocycles. The molecule has 1 aromatic rings. The van der Waals surface area contributed by atoms with Gasteiger partial charge < -0.3 is 20.5 Å². The van der Waals surface area contributed by atoms with Crippen molar-refractivity contribution in [1.82, 2.24) is 0 Å². The predicted octanol–water partition coefficient (Wildman–Crippen LogP) is 1.73. The van der Waals surface area contributed by atoms with Crippen molar-refractivity contribution >= 4 is 30.0 Å². The van der Waals surface area contributed by atoms with Crippen molar-refractivity contribution in [2.24, 2.45) is 5.73 Å². The van der Waals surface area contributed by atoms with Crippen LogP contribution in [0.3, 0.4) is 0 Å². The first-order valence-electron chi connectivity index (χ1n) is 6.39. The van der Waals surface area contributed by atoms with E-state index in [-0.39, 0.29) is 24.3 Å². The summed E-state index contributed by atoms with van der Waals surface area (Å²) in [4.78, 5) is 22.3. The number of halogens is 1. The number of esters is 1. The van der Waals surface area contributed by atoms with Gasteiger partial charge in [-0.25, -0.2) is 0 Å². The standard InChI is InChI=1S/C14H20N2O4.ClH/c1-10(15)14(18)16-11-5-7-12(8-6-11)20-9-3-4-13(17)19-2;/h5-8,10H,3-4,9,15H2,1-2H3,(H,16,18);1H/t10-;/m0./s1. The van der Waals surface area contributed by atoms with Crippen LogP contribution in [0.1, 0.15) is 19.8 Å². The first kappa shape index (κ1) is 19.2. The Labute approximate surface area is 130 Å². The Hall–Kier alpha value is -1.79. The van der Waals surface area contributed by atoms with Gasteiger partial charge in [0.2, 0.25) is 5.91 Å². The predicted molar refractivity (Wildman–Crippen MR) is 82.7 cm³/mol. The van der Waals surface area contributed by atoms with E-state index in [1.54, 1.807) is 31.2 Å². The number of amides is 1. The van der Waals surface area contributed by atoms with Gasteiger partial charge in [0, 0.05) is 12.1 Å². The molecule has 3 N–H and O–H groups in total. The zero-order valence-corrected chi connectivity index (χ0v) is 12.9. The van der Waals surface area contributed by atoms with E-state index in [9.17, 15) is 9.59 Å². The summed E-state index contributed by atoms with van der Waals surface area (Å²) in [7, 11) is 1.36. The molecule has 1 rings (SSSR count). The van der Waals surface area contributed by atoms with E-state index in [2.05, 4.69) is 10.1 Å². The molecule has 1 atom stereocenters. The average molecular weight is 317 g/mol. The van der Waals surface area contributed by atoms with E-state index in [4.69, 9.17) is 10.5 Å². The number of anilines is 1. The van der Waals surface area contributed by atoms with E-state index in [1.807, 2.05) is 0 Å². The summed E-state index contributed by atoms with van der Waals surface area (Å²) in [5.41, 5.74) is 6.12. The minimum Gasteiger partial charge on any atom is -0.494 e. The maximum atomic E-state index is 11.4. The second kappa shape index (κ2) is 10.0. The smallest absolute Gasteiger partial charge is 0.305 e. The number of nitrogens with one attached hydrogen (secondary N) is 1. The molecule has 0 aliphatic heterocycles. The van der Waals surface area contributed by atoms with Crippen LogP contribution >= 0.6 is 12.4 Å². The number of hydrogen-bond acceptors (Lipinski definition) is 5. The molecule has 1 amide bonds. The number of rotatable bonds is 7. The number of carbonyl (C=O) groups excluding carboxylic acids is 2. The fraction of sp³-hybridized carbons (Fsp3) is 0.429. The summed E-state index contributed by atoms with van der Waals surface area (Å²) in [6.07, 6.45) is 0.925. The second-order valence-corrected chi connectivity index (χ2v) is 4.33. The van der Waals surface area contributed by atoms with Gasteiger partial charge in [0.25, 0.3) is 0 Å². The van der Waals surface area contributed by atoms with Gasteiger partial charge in [0.15, 0.2) is 0 Å². The summed E-state index contributed by atoms with van der Waals surface area (Å²) >= 11 is 0. The lowest BCUT2D eigenvalue weighted by molar-refractivity contribution is -0.140. The van der Waals surface area contributed by atoms with Crippen molar-refractivity contribution in [3.8, 4) is 5.75 Å². The minimum absolute atomic E-state index is 0. The molecule has 0 aliphatic rings. The van der Waals surface area contributed by atoms with Crippen LogP contribution in [-0.4, -0.2) is 31.6 Å². The third kappa shape index (κ3) is 7.53. The number of ether oxygens (including phenoxy) is 2. The molecule has 118 valence electrons. The molecular formula is C14H21ClN2O4. The lowest BCUT2D eigenvalue weighted by Crippen LogP contribution is -2.32. The van der Waals surface area contributed by atoms with Crippen LogP contribution in [0.25, 0.3) is 0 Å². The Bertz CT molecular complexity index is 449. The molecule has 0 saturated heterocycles. The van der Waals surface area contributed by atoms with E-state index in [1.165, 1.54) is 7.11 Å². The molecule has 0 heterocycles. The quantitative estimate of drug-likeness (QED) is 0.590. The SMILES string of the molecule is COC(=O)CCCOc1ccc(NC(=O)[C@H](C)N)cc1.Cl. The highest BCUT2D eigenvalue weighted by molar-refractivity contribution is 5.94. The topological polar surface area (TPSA) is 90.6 Å². The molecule has 0 spiro atoms. The number of hydrogen-bond donors (Lipinski definition) is 2. The van der Waals surface area contributed by atoms with Crippen LogP contribution in [0.5, 0.6) is 5.75 Å². The van der Waals surface area contributed by atoms with Crippen LogP contribution in [0.4, 0.5) is 5.69 Å². The van der Waals surface area contributed by atoms with Gasteiger partial charge in [-0.2, -0.15) is 0 Å². The largest absolute Gasteiger partial charge is 0.494 e. The molecule has 7 heteroatoms. The maximum absolute atomic E-state index is 11.4. The van der Waals surface area contributed by atoms with Crippen molar-refractivity contribution in [1.29, 1.82) is 0 Å². The minimum atomic E-state index is -0.552. The van der Waals surface area contributed by atoms with Crippen molar-refractivity contribution in [3.63, 3.8) is 0 Å². The molecule has 0 bridgehead atoms.